The molecule has 2 aromatic heterocycles. The molecule has 0 N–H and O–H groups in total. The third-order valence-corrected chi connectivity index (χ3v) is 5.12. The molecule has 1 unspecified atom stereocenters. The third kappa shape index (κ3) is 2.53. The Morgan fingerprint density at radius 3 is 2.65 bits per heavy atom. The Labute approximate surface area is 129 Å². The van der Waals surface area contributed by atoms with Gasteiger partial charge in [0.1, 0.15) is 10.7 Å². The lowest BCUT2D eigenvalue weighted by atomic mass is 9.79. The molecule has 5 heteroatoms. The minimum Gasteiger partial charge on any atom is -0.325 e. The van der Waals surface area contributed by atoms with Gasteiger partial charge in [0.05, 0.1) is 11.8 Å². The van der Waals surface area contributed by atoms with Crippen molar-refractivity contribution in [2.45, 2.75) is 45.6 Å². The van der Waals surface area contributed by atoms with Crippen LogP contribution in [0, 0.1) is 11.8 Å². The summed E-state index contributed by atoms with van der Waals surface area (Å²) in [6.45, 7) is 4.60. The average molecular weight is 312 g/mol. The summed E-state index contributed by atoms with van der Waals surface area (Å²) < 4.78 is 2.17. The molecule has 0 aromatic carbocycles. The molecule has 0 spiro atoms. The van der Waals surface area contributed by atoms with Crippen molar-refractivity contribution in [2.24, 2.45) is 11.8 Å². The van der Waals surface area contributed by atoms with Gasteiger partial charge in [-0.25, -0.2) is 9.97 Å². The van der Waals surface area contributed by atoms with Gasteiger partial charge in [-0.2, -0.15) is 0 Å². The summed E-state index contributed by atoms with van der Waals surface area (Å²) in [7, 11) is 0. The fourth-order valence-corrected chi connectivity index (χ4v) is 3.81. The molecular weight excluding hydrogens is 293 g/mol. The van der Waals surface area contributed by atoms with E-state index in [1.165, 1.54) is 25.7 Å². The van der Waals surface area contributed by atoms with Gasteiger partial charge in [0.2, 0.25) is 0 Å². The van der Waals surface area contributed by atoms with Crippen molar-refractivity contribution in [1.29, 1.82) is 0 Å². The summed E-state index contributed by atoms with van der Waals surface area (Å²) in [6.07, 6.45) is 7.07. The first-order chi connectivity index (χ1) is 9.56. The summed E-state index contributed by atoms with van der Waals surface area (Å²) in [5.74, 6) is 1.55. The van der Waals surface area contributed by atoms with E-state index in [2.05, 4.69) is 28.4 Å². The molecule has 2 heterocycles. The molecule has 0 aliphatic heterocycles. The van der Waals surface area contributed by atoms with Crippen molar-refractivity contribution in [3.05, 3.63) is 22.7 Å². The lowest BCUT2D eigenvalue weighted by Gasteiger charge is -2.31. The Bertz CT molecular complexity index is 615. The van der Waals surface area contributed by atoms with E-state index in [1.54, 1.807) is 6.07 Å². The van der Waals surface area contributed by atoms with Crippen molar-refractivity contribution < 1.29 is 0 Å². The van der Waals surface area contributed by atoms with Crippen LogP contribution in [0.15, 0.2) is 12.4 Å². The highest BCUT2D eigenvalue weighted by Crippen LogP contribution is 2.37. The molecule has 1 saturated carbocycles. The van der Waals surface area contributed by atoms with Crippen LogP contribution in [0.1, 0.15) is 45.6 Å². The van der Waals surface area contributed by atoms with E-state index >= 15 is 0 Å². The summed E-state index contributed by atoms with van der Waals surface area (Å²) >= 11 is 12.2. The second-order valence-corrected chi connectivity index (χ2v) is 6.76. The molecule has 20 heavy (non-hydrogen) atoms. The molecule has 1 atom stereocenters. The second kappa shape index (κ2) is 5.53. The average Bonchev–Trinajstić information content (AvgIpc) is 2.82. The smallest absolute Gasteiger partial charge is 0.156 e. The monoisotopic (exact) mass is 311 g/mol. The molecule has 0 amide bonds. The van der Waals surface area contributed by atoms with Gasteiger partial charge in [-0.15, -0.1) is 0 Å². The van der Waals surface area contributed by atoms with E-state index in [1.807, 2.05) is 6.33 Å². The largest absolute Gasteiger partial charge is 0.325 e. The van der Waals surface area contributed by atoms with Crippen LogP contribution < -0.4 is 0 Å². The van der Waals surface area contributed by atoms with Crippen LogP contribution >= 0.6 is 23.2 Å². The topological polar surface area (TPSA) is 30.7 Å². The number of fused-ring (bicyclic) bond motifs is 1. The predicted octanol–water partition coefficient (Wildman–Crippen LogP) is 5.13. The second-order valence-electron chi connectivity index (χ2n) is 6.02. The Morgan fingerprint density at radius 2 is 1.95 bits per heavy atom. The number of aromatic nitrogens is 3. The lowest BCUT2D eigenvalue weighted by Crippen LogP contribution is -2.21. The van der Waals surface area contributed by atoms with Gasteiger partial charge >= 0.3 is 0 Å². The molecule has 108 valence electrons. The van der Waals surface area contributed by atoms with Gasteiger partial charge in [-0.3, -0.25) is 0 Å². The minimum absolute atomic E-state index is 0.395. The molecule has 3 rings (SSSR count). The van der Waals surface area contributed by atoms with Crippen molar-refractivity contribution >= 4 is 34.2 Å². The van der Waals surface area contributed by atoms with Crippen LogP contribution in [0.2, 0.25) is 10.3 Å². The van der Waals surface area contributed by atoms with Crippen molar-refractivity contribution in [3.8, 4) is 0 Å². The van der Waals surface area contributed by atoms with E-state index in [0.717, 1.165) is 17.0 Å². The number of hydrogen-bond acceptors (Lipinski definition) is 2. The molecule has 0 saturated heterocycles. The summed E-state index contributed by atoms with van der Waals surface area (Å²) in [5.41, 5.74) is 1.73. The number of imidazole rings is 1. The number of rotatable bonds is 2. The molecule has 1 aliphatic rings. The van der Waals surface area contributed by atoms with E-state index in [9.17, 15) is 0 Å². The van der Waals surface area contributed by atoms with E-state index < -0.39 is 0 Å². The normalized spacial score (nSPS) is 25.0. The SMILES string of the molecule is CC([C@H]1CC[C@H](C)CC1)n1cnc2cc(Cl)nc(Cl)c21. The maximum atomic E-state index is 6.26. The van der Waals surface area contributed by atoms with Gasteiger partial charge in [0.25, 0.3) is 0 Å². The summed E-state index contributed by atoms with van der Waals surface area (Å²) in [4.78, 5) is 8.57. The standard InChI is InChI=1S/C15H19Cl2N3/c1-9-3-5-11(6-4-9)10(2)20-8-18-12-7-13(16)19-15(17)14(12)20/h7-11H,3-6H2,1-2H3/t9-,10?,11-. The van der Waals surface area contributed by atoms with Crippen LogP contribution in [0.4, 0.5) is 0 Å². The quantitative estimate of drug-likeness (QED) is 0.720. The Hall–Kier alpha value is -0.800. The lowest BCUT2D eigenvalue weighted by molar-refractivity contribution is 0.227. The summed E-state index contributed by atoms with van der Waals surface area (Å²) in [6, 6.07) is 2.17. The highest BCUT2D eigenvalue weighted by atomic mass is 35.5. The molecule has 1 aliphatic carbocycles. The Balaban J connectivity index is 1.94. The maximum absolute atomic E-state index is 6.26. The number of nitrogens with zero attached hydrogens (tertiary/aromatic N) is 3. The summed E-state index contributed by atoms with van der Waals surface area (Å²) in [5, 5.41) is 0.841. The van der Waals surface area contributed by atoms with Crippen LogP contribution in [0.5, 0.6) is 0 Å². The van der Waals surface area contributed by atoms with Crippen molar-refractivity contribution in [1.82, 2.24) is 14.5 Å². The van der Waals surface area contributed by atoms with Crippen molar-refractivity contribution in [3.63, 3.8) is 0 Å². The number of hydrogen-bond donors (Lipinski definition) is 0. The fraction of sp³-hybridized carbons (Fsp3) is 0.600. The first-order valence-electron chi connectivity index (χ1n) is 7.25. The Kier molecular flexibility index (Phi) is 3.91. The highest BCUT2D eigenvalue weighted by Gasteiger charge is 2.26. The first-order valence-corrected chi connectivity index (χ1v) is 8.00. The van der Waals surface area contributed by atoms with Crippen LogP contribution in [-0.2, 0) is 0 Å². The van der Waals surface area contributed by atoms with Crippen LogP contribution in [0.25, 0.3) is 11.0 Å². The highest BCUT2D eigenvalue weighted by molar-refractivity contribution is 6.36. The van der Waals surface area contributed by atoms with E-state index in [0.29, 0.717) is 22.3 Å². The first kappa shape index (κ1) is 14.2. The zero-order valence-electron chi connectivity index (χ0n) is 11.8. The minimum atomic E-state index is 0.395. The van der Waals surface area contributed by atoms with Crippen LogP contribution in [0.3, 0.4) is 0 Å². The predicted molar refractivity (Wildman–Crippen MR) is 83.4 cm³/mol. The Morgan fingerprint density at radius 1 is 1.25 bits per heavy atom. The molecular formula is C15H19Cl2N3. The zero-order chi connectivity index (χ0) is 14.3. The zero-order valence-corrected chi connectivity index (χ0v) is 13.3. The third-order valence-electron chi connectivity index (χ3n) is 4.66. The van der Waals surface area contributed by atoms with Gasteiger partial charge in [-0.05, 0) is 31.6 Å². The van der Waals surface area contributed by atoms with Gasteiger partial charge in [0, 0.05) is 12.1 Å². The fourth-order valence-electron chi connectivity index (χ4n) is 3.29. The van der Waals surface area contributed by atoms with Crippen LogP contribution in [-0.4, -0.2) is 14.5 Å². The van der Waals surface area contributed by atoms with Gasteiger partial charge in [-0.1, -0.05) is 43.0 Å². The molecule has 0 bridgehead atoms. The number of pyridine rings is 1. The molecule has 2 aromatic rings. The molecule has 1 fully saturated rings. The molecule has 3 nitrogen and oxygen atoms in total. The van der Waals surface area contributed by atoms with E-state index in [4.69, 9.17) is 23.2 Å². The van der Waals surface area contributed by atoms with Gasteiger partial charge < -0.3 is 4.57 Å². The maximum Gasteiger partial charge on any atom is 0.156 e. The van der Waals surface area contributed by atoms with Crippen molar-refractivity contribution in [2.75, 3.05) is 0 Å². The van der Waals surface area contributed by atoms with E-state index in [-0.39, 0.29) is 0 Å². The molecule has 0 radical (unpaired) electrons. The van der Waals surface area contributed by atoms with Gasteiger partial charge in [0.15, 0.2) is 5.15 Å². The number of halogens is 2.